The van der Waals surface area contributed by atoms with Crippen LogP contribution in [0.5, 0.6) is 0 Å². The highest BCUT2D eigenvalue weighted by Gasteiger charge is 2.00. The predicted molar refractivity (Wildman–Crippen MR) is 64.5 cm³/mol. The van der Waals surface area contributed by atoms with E-state index in [1.165, 1.54) is 12.1 Å². The number of aromatic nitrogens is 3. The van der Waals surface area contributed by atoms with E-state index in [1.54, 1.807) is 6.20 Å². The third-order valence-corrected chi connectivity index (χ3v) is 2.61. The third-order valence-electron chi connectivity index (χ3n) is 2.61. The van der Waals surface area contributed by atoms with Crippen molar-refractivity contribution in [3.05, 3.63) is 35.8 Å². The molecular formula is C12H18N4O. The van der Waals surface area contributed by atoms with Crippen LogP contribution in [0, 0.1) is 13.8 Å². The van der Waals surface area contributed by atoms with Crippen LogP contribution in [0.15, 0.2) is 23.1 Å². The van der Waals surface area contributed by atoms with Gasteiger partial charge < -0.3 is 9.73 Å². The first-order valence-electron chi connectivity index (χ1n) is 5.85. The molecular weight excluding hydrogens is 216 g/mol. The topological polar surface area (TPSA) is 55.9 Å². The summed E-state index contributed by atoms with van der Waals surface area (Å²) in [5.41, 5.74) is 2.30. The number of rotatable bonds is 6. The highest BCUT2D eigenvalue weighted by atomic mass is 16.3. The van der Waals surface area contributed by atoms with Gasteiger partial charge in [0, 0.05) is 12.2 Å². The van der Waals surface area contributed by atoms with Crippen LogP contribution in [0.3, 0.4) is 0 Å². The van der Waals surface area contributed by atoms with E-state index in [2.05, 4.69) is 28.4 Å². The summed E-state index contributed by atoms with van der Waals surface area (Å²) in [5, 5.41) is 7.73. The Morgan fingerprint density at radius 3 is 2.94 bits per heavy atom. The van der Waals surface area contributed by atoms with Gasteiger partial charge in [0.1, 0.15) is 5.76 Å². The molecule has 0 amide bonds. The second kappa shape index (κ2) is 5.63. The Balaban J connectivity index is 1.65. The summed E-state index contributed by atoms with van der Waals surface area (Å²) in [5.74, 6) is 0.871. The number of oxazole rings is 1. The molecule has 0 saturated heterocycles. The van der Waals surface area contributed by atoms with Crippen molar-refractivity contribution in [2.75, 3.05) is 6.54 Å². The van der Waals surface area contributed by atoms with E-state index in [1.807, 2.05) is 11.6 Å². The van der Waals surface area contributed by atoms with Gasteiger partial charge in [0.2, 0.25) is 0 Å². The average Bonchev–Trinajstić information content (AvgIpc) is 2.89. The maximum Gasteiger partial charge on any atom is 0.180 e. The van der Waals surface area contributed by atoms with E-state index in [9.17, 15) is 0 Å². The van der Waals surface area contributed by atoms with E-state index < -0.39 is 0 Å². The molecule has 5 nitrogen and oxygen atoms in total. The normalized spacial score (nSPS) is 10.9. The molecule has 0 aromatic carbocycles. The highest BCUT2D eigenvalue weighted by molar-refractivity contribution is 5.06. The molecule has 0 radical (unpaired) electrons. The SMILES string of the molecule is Cc1cc(C)n(CCCNCc2cnco2)n1. The molecule has 2 aromatic rings. The molecule has 0 spiro atoms. The summed E-state index contributed by atoms with van der Waals surface area (Å²) >= 11 is 0. The average molecular weight is 234 g/mol. The van der Waals surface area contributed by atoms with Crippen molar-refractivity contribution in [1.82, 2.24) is 20.1 Å². The van der Waals surface area contributed by atoms with E-state index in [0.717, 1.165) is 37.5 Å². The summed E-state index contributed by atoms with van der Waals surface area (Å²) in [6.07, 6.45) is 4.23. The minimum atomic E-state index is 0.733. The zero-order valence-corrected chi connectivity index (χ0v) is 10.3. The Kier molecular flexibility index (Phi) is 3.93. The summed E-state index contributed by atoms with van der Waals surface area (Å²) in [4.78, 5) is 3.86. The lowest BCUT2D eigenvalue weighted by molar-refractivity contribution is 0.467. The van der Waals surface area contributed by atoms with Crippen molar-refractivity contribution in [2.45, 2.75) is 33.4 Å². The quantitative estimate of drug-likeness (QED) is 0.772. The zero-order valence-electron chi connectivity index (χ0n) is 10.3. The molecule has 0 saturated carbocycles. The monoisotopic (exact) mass is 234 g/mol. The van der Waals surface area contributed by atoms with Crippen molar-refractivity contribution in [2.24, 2.45) is 0 Å². The fourth-order valence-corrected chi connectivity index (χ4v) is 1.80. The molecule has 2 rings (SSSR count). The minimum absolute atomic E-state index is 0.733. The van der Waals surface area contributed by atoms with Gasteiger partial charge in [0.05, 0.1) is 18.4 Å². The van der Waals surface area contributed by atoms with Gasteiger partial charge in [-0.25, -0.2) is 4.98 Å². The third kappa shape index (κ3) is 3.42. The molecule has 0 bridgehead atoms. The standard InChI is InChI=1S/C12H18N4O/c1-10-6-11(2)16(15-10)5-3-4-13-7-12-8-14-9-17-12/h6,8-9,13H,3-5,7H2,1-2H3. The molecule has 0 fully saturated rings. The summed E-state index contributed by atoms with van der Waals surface area (Å²) < 4.78 is 7.18. The molecule has 0 aliphatic heterocycles. The van der Waals surface area contributed by atoms with E-state index in [4.69, 9.17) is 4.42 Å². The lowest BCUT2D eigenvalue weighted by atomic mass is 10.3. The Morgan fingerprint density at radius 2 is 2.29 bits per heavy atom. The van der Waals surface area contributed by atoms with Crippen molar-refractivity contribution < 1.29 is 4.42 Å². The lowest BCUT2D eigenvalue weighted by Gasteiger charge is -2.05. The summed E-state index contributed by atoms with van der Waals surface area (Å²) in [7, 11) is 0. The van der Waals surface area contributed by atoms with Crippen molar-refractivity contribution >= 4 is 0 Å². The van der Waals surface area contributed by atoms with E-state index >= 15 is 0 Å². The molecule has 1 N–H and O–H groups in total. The van der Waals surface area contributed by atoms with Gasteiger partial charge in [0.15, 0.2) is 6.39 Å². The van der Waals surface area contributed by atoms with E-state index in [-0.39, 0.29) is 0 Å². The molecule has 0 aliphatic carbocycles. The molecule has 0 unspecified atom stereocenters. The van der Waals surface area contributed by atoms with Crippen LogP contribution >= 0.6 is 0 Å². The maximum absolute atomic E-state index is 5.13. The smallest absolute Gasteiger partial charge is 0.180 e. The van der Waals surface area contributed by atoms with Crippen molar-refractivity contribution in [3.8, 4) is 0 Å². The number of hydrogen-bond donors (Lipinski definition) is 1. The molecule has 0 aliphatic rings. The number of nitrogens with zero attached hydrogens (tertiary/aromatic N) is 3. The van der Waals surface area contributed by atoms with Gasteiger partial charge in [-0.2, -0.15) is 5.10 Å². The first kappa shape index (κ1) is 11.9. The Bertz CT molecular complexity index is 447. The molecule has 2 aromatic heterocycles. The largest absolute Gasteiger partial charge is 0.447 e. The first-order chi connectivity index (χ1) is 8.25. The van der Waals surface area contributed by atoms with Crippen LogP contribution in [0.25, 0.3) is 0 Å². The van der Waals surface area contributed by atoms with Crippen LogP contribution in [0.4, 0.5) is 0 Å². The van der Waals surface area contributed by atoms with Crippen LogP contribution < -0.4 is 5.32 Å². The number of aryl methyl sites for hydroxylation is 3. The molecule has 92 valence electrons. The molecule has 0 atom stereocenters. The lowest BCUT2D eigenvalue weighted by Crippen LogP contribution is -2.16. The maximum atomic E-state index is 5.13. The predicted octanol–water partition coefficient (Wildman–Crippen LogP) is 1.67. The Labute approximate surface area is 101 Å². The fourth-order valence-electron chi connectivity index (χ4n) is 1.80. The fraction of sp³-hybridized carbons (Fsp3) is 0.500. The second-order valence-electron chi connectivity index (χ2n) is 4.15. The molecule has 5 heteroatoms. The van der Waals surface area contributed by atoms with Crippen molar-refractivity contribution in [1.29, 1.82) is 0 Å². The van der Waals surface area contributed by atoms with Gasteiger partial charge in [-0.3, -0.25) is 4.68 Å². The Morgan fingerprint density at radius 1 is 1.41 bits per heavy atom. The van der Waals surface area contributed by atoms with E-state index in [0.29, 0.717) is 0 Å². The Hall–Kier alpha value is -1.62. The van der Waals surface area contributed by atoms with Gasteiger partial charge >= 0.3 is 0 Å². The van der Waals surface area contributed by atoms with Crippen molar-refractivity contribution in [3.63, 3.8) is 0 Å². The zero-order chi connectivity index (χ0) is 12.1. The number of nitrogens with one attached hydrogen (secondary N) is 1. The van der Waals surface area contributed by atoms with Gasteiger partial charge in [0.25, 0.3) is 0 Å². The van der Waals surface area contributed by atoms with Gasteiger partial charge in [-0.1, -0.05) is 0 Å². The van der Waals surface area contributed by atoms with Crippen LogP contribution in [0.1, 0.15) is 23.6 Å². The van der Waals surface area contributed by atoms with Gasteiger partial charge in [-0.15, -0.1) is 0 Å². The molecule has 2 heterocycles. The summed E-state index contributed by atoms with van der Waals surface area (Å²) in [6, 6.07) is 2.10. The summed E-state index contributed by atoms with van der Waals surface area (Å²) in [6.45, 7) is 6.73. The highest BCUT2D eigenvalue weighted by Crippen LogP contribution is 2.02. The van der Waals surface area contributed by atoms with Crippen LogP contribution in [-0.2, 0) is 13.1 Å². The second-order valence-corrected chi connectivity index (χ2v) is 4.15. The van der Waals surface area contributed by atoms with Crippen LogP contribution in [0.2, 0.25) is 0 Å². The van der Waals surface area contributed by atoms with Gasteiger partial charge in [-0.05, 0) is 32.9 Å². The number of hydrogen-bond acceptors (Lipinski definition) is 4. The first-order valence-corrected chi connectivity index (χ1v) is 5.85. The van der Waals surface area contributed by atoms with Crippen LogP contribution in [-0.4, -0.2) is 21.3 Å². The molecule has 17 heavy (non-hydrogen) atoms. The minimum Gasteiger partial charge on any atom is -0.447 e.